The van der Waals surface area contributed by atoms with Gasteiger partial charge in [0, 0.05) is 13.0 Å². The molecule has 14 heavy (non-hydrogen) atoms. The molecule has 5 nitrogen and oxygen atoms in total. The molecule has 0 aliphatic heterocycles. The molecule has 1 heterocycles. The van der Waals surface area contributed by atoms with Crippen LogP contribution in [0.1, 0.15) is 16.1 Å². The van der Waals surface area contributed by atoms with Crippen LogP contribution in [-0.4, -0.2) is 23.5 Å². The monoisotopic (exact) mass is 213 g/mol. The molecule has 0 aliphatic carbocycles. The smallest absolute Gasteiger partial charge is 0.261 e. The summed E-state index contributed by atoms with van der Waals surface area (Å²) in [7, 11) is 0. The lowest BCUT2D eigenvalue weighted by Gasteiger charge is -2.01. The second kappa shape index (κ2) is 5.23. The van der Waals surface area contributed by atoms with Crippen molar-refractivity contribution in [2.75, 3.05) is 6.54 Å². The van der Waals surface area contributed by atoms with Crippen molar-refractivity contribution in [3.8, 4) is 0 Å². The Labute approximate surface area is 85.2 Å². The standard InChI is InChI=1S/C8H11N3O2S/c9-7(11-13)3-4-10-8(12)6-2-1-5-14-6/h1-2,5,13H,3-4H2,(H2,9,11)(H,10,12). The van der Waals surface area contributed by atoms with E-state index < -0.39 is 0 Å². The van der Waals surface area contributed by atoms with Gasteiger partial charge in [0.05, 0.1) is 4.88 Å². The van der Waals surface area contributed by atoms with Crippen LogP contribution in [0.2, 0.25) is 0 Å². The summed E-state index contributed by atoms with van der Waals surface area (Å²) in [6.45, 7) is 0.368. The second-order valence-electron chi connectivity index (χ2n) is 2.57. The van der Waals surface area contributed by atoms with Gasteiger partial charge in [-0.1, -0.05) is 11.2 Å². The van der Waals surface area contributed by atoms with Crippen LogP contribution < -0.4 is 11.1 Å². The van der Waals surface area contributed by atoms with Crippen molar-refractivity contribution in [2.24, 2.45) is 10.9 Å². The zero-order valence-electron chi connectivity index (χ0n) is 7.43. The molecular formula is C8H11N3O2S. The molecular weight excluding hydrogens is 202 g/mol. The van der Waals surface area contributed by atoms with Crippen molar-refractivity contribution in [3.05, 3.63) is 22.4 Å². The lowest BCUT2D eigenvalue weighted by Crippen LogP contribution is -2.27. The third-order valence-corrected chi connectivity index (χ3v) is 2.41. The minimum atomic E-state index is -0.134. The highest BCUT2D eigenvalue weighted by Gasteiger charge is 2.04. The van der Waals surface area contributed by atoms with E-state index in [4.69, 9.17) is 10.9 Å². The predicted octanol–water partition coefficient (Wildman–Crippen LogP) is 0.614. The number of nitrogens with two attached hydrogens (primary N) is 1. The number of carbonyl (C=O) groups excluding carboxylic acids is 1. The summed E-state index contributed by atoms with van der Waals surface area (Å²) in [5.74, 6) is -0.0257. The first kappa shape index (κ1) is 10.5. The van der Waals surface area contributed by atoms with Gasteiger partial charge >= 0.3 is 0 Å². The van der Waals surface area contributed by atoms with Gasteiger partial charge < -0.3 is 16.3 Å². The average Bonchev–Trinajstić information content (AvgIpc) is 2.70. The molecule has 1 aromatic heterocycles. The van der Waals surface area contributed by atoms with Gasteiger partial charge in [-0.25, -0.2) is 0 Å². The van der Waals surface area contributed by atoms with Crippen molar-refractivity contribution < 1.29 is 10.0 Å². The Bertz CT molecular complexity index is 321. The van der Waals surface area contributed by atoms with Crippen LogP contribution in [0.15, 0.2) is 22.7 Å². The molecule has 0 saturated heterocycles. The van der Waals surface area contributed by atoms with Crippen molar-refractivity contribution in [3.63, 3.8) is 0 Å². The van der Waals surface area contributed by atoms with E-state index in [9.17, 15) is 4.79 Å². The Morgan fingerprint density at radius 3 is 3.07 bits per heavy atom. The highest BCUT2D eigenvalue weighted by Crippen LogP contribution is 2.07. The van der Waals surface area contributed by atoms with E-state index >= 15 is 0 Å². The molecule has 1 amide bonds. The van der Waals surface area contributed by atoms with Crippen LogP contribution in [0.5, 0.6) is 0 Å². The van der Waals surface area contributed by atoms with Crippen molar-refractivity contribution >= 4 is 23.1 Å². The number of rotatable bonds is 4. The summed E-state index contributed by atoms with van der Waals surface area (Å²) in [5.41, 5.74) is 5.23. The van der Waals surface area contributed by atoms with E-state index in [0.29, 0.717) is 17.8 Å². The van der Waals surface area contributed by atoms with Gasteiger partial charge in [0.25, 0.3) is 5.91 Å². The summed E-state index contributed by atoms with van der Waals surface area (Å²) in [4.78, 5) is 12.0. The van der Waals surface area contributed by atoms with Gasteiger partial charge in [-0.15, -0.1) is 11.3 Å². The minimum absolute atomic E-state index is 0.108. The first-order valence-corrected chi connectivity index (χ1v) is 4.90. The molecule has 4 N–H and O–H groups in total. The lowest BCUT2D eigenvalue weighted by molar-refractivity contribution is 0.0958. The molecule has 0 aliphatic rings. The van der Waals surface area contributed by atoms with E-state index in [0.717, 1.165) is 0 Å². The van der Waals surface area contributed by atoms with E-state index in [1.54, 1.807) is 6.07 Å². The fraction of sp³-hybridized carbons (Fsp3) is 0.250. The molecule has 0 radical (unpaired) electrons. The largest absolute Gasteiger partial charge is 0.409 e. The molecule has 1 rings (SSSR count). The SMILES string of the molecule is NC(CCNC(=O)c1cccs1)=NO. The van der Waals surface area contributed by atoms with E-state index in [1.165, 1.54) is 11.3 Å². The Hall–Kier alpha value is -1.56. The second-order valence-corrected chi connectivity index (χ2v) is 3.52. The molecule has 0 spiro atoms. The number of amidine groups is 1. The lowest BCUT2D eigenvalue weighted by atomic mass is 10.4. The molecule has 0 fully saturated rings. The maximum atomic E-state index is 11.3. The molecule has 0 saturated carbocycles. The van der Waals surface area contributed by atoms with Gasteiger partial charge in [0.1, 0.15) is 5.84 Å². The van der Waals surface area contributed by atoms with E-state index in [2.05, 4.69) is 10.5 Å². The topological polar surface area (TPSA) is 87.7 Å². The van der Waals surface area contributed by atoms with Crippen LogP contribution in [0.3, 0.4) is 0 Å². The number of nitrogens with one attached hydrogen (secondary N) is 1. The number of amides is 1. The van der Waals surface area contributed by atoms with Crippen molar-refractivity contribution in [1.82, 2.24) is 5.32 Å². The van der Waals surface area contributed by atoms with Crippen LogP contribution in [0, 0.1) is 0 Å². The molecule has 0 bridgehead atoms. The average molecular weight is 213 g/mol. The van der Waals surface area contributed by atoms with Crippen LogP contribution in [0.25, 0.3) is 0 Å². The van der Waals surface area contributed by atoms with Gasteiger partial charge in [-0.05, 0) is 11.4 Å². The summed E-state index contributed by atoms with van der Waals surface area (Å²) >= 11 is 1.37. The maximum Gasteiger partial charge on any atom is 0.261 e. The zero-order chi connectivity index (χ0) is 10.4. The van der Waals surface area contributed by atoms with E-state index in [1.807, 2.05) is 11.4 Å². The highest BCUT2D eigenvalue weighted by atomic mass is 32.1. The number of nitrogens with zero attached hydrogens (tertiary/aromatic N) is 1. The predicted molar refractivity (Wildman–Crippen MR) is 54.7 cm³/mol. The quantitative estimate of drug-likeness (QED) is 0.296. The molecule has 0 unspecified atom stereocenters. The van der Waals surface area contributed by atoms with Gasteiger partial charge in [-0.2, -0.15) is 0 Å². The molecule has 0 atom stereocenters. The Balaban J connectivity index is 2.29. The molecule has 1 aromatic rings. The van der Waals surface area contributed by atoms with Crippen molar-refractivity contribution in [2.45, 2.75) is 6.42 Å². The van der Waals surface area contributed by atoms with Crippen LogP contribution in [0.4, 0.5) is 0 Å². The highest BCUT2D eigenvalue weighted by molar-refractivity contribution is 7.12. The minimum Gasteiger partial charge on any atom is -0.409 e. The fourth-order valence-electron chi connectivity index (χ4n) is 0.849. The first-order chi connectivity index (χ1) is 6.74. The summed E-state index contributed by atoms with van der Waals surface area (Å²) in [5, 5.41) is 15.5. The number of carbonyl (C=O) groups is 1. The zero-order valence-corrected chi connectivity index (χ0v) is 8.25. The molecule has 6 heteroatoms. The number of thiophene rings is 1. The van der Waals surface area contributed by atoms with Crippen molar-refractivity contribution in [1.29, 1.82) is 0 Å². The van der Waals surface area contributed by atoms with Gasteiger partial charge in [0.2, 0.25) is 0 Å². The molecule has 76 valence electrons. The molecule has 0 aromatic carbocycles. The van der Waals surface area contributed by atoms with E-state index in [-0.39, 0.29) is 11.7 Å². The Kier molecular flexibility index (Phi) is 3.93. The normalized spacial score (nSPS) is 11.3. The van der Waals surface area contributed by atoms with Gasteiger partial charge in [-0.3, -0.25) is 4.79 Å². The Morgan fingerprint density at radius 1 is 1.71 bits per heavy atom. The van der Waals surface area contributed by atoms with Gasteiger partial charge in [0.15, 0.2) is 0 Å². The summed E-state index contributed by atoms with van der Waals surface area (Å²) in [6, 6.07) is 3.55. The Morgan fingerprint density at radius 2 is 2.50 bits per heavy atom. The number of hydrogen-bond acceptors (Lipinski definition) is 4. The number of oxime groups is 1. The van der Waals surface area contributed by atoms with Crippen LogP contribution in [-0.2, 0) is 0 Å². The first-order valence-electron chi connectivity index (χ1n) is 4.02. The third-order valence-electron chi connectivity index (χ3n) is 1.54. The maximum absolute atomic E-state index is 11.3. The summed E-state index contributed by atoms with van der Waals surface area (Å²) < 4.78 is 0. The number of hydrogen-bond donors (Lipinski definition) is 3. The van der Waals surface area contributed by atoms with Crippen LogP contribution >= 0.6 is 11.3 Å². The summed E-state index contributed by atoms with van der Waals surface area (Å²) in [6.07, 6.45) is 0.341. The fourth-order valence-corrected chi connectivity index (χ4v) is 1.49. The third kappa shape index (κ3) is 3.06.